The van der Waals surface area contributed by atoms with Crippen molar-refractivity contribution in [3.8, 4) is 5.75 Å². The summed E-state index contributed by atoms with van der Waals surface area (Å²) in [6, 6.07) is 12.9. The third kappa shape index (κ3) is 3.71. The topological polar surface area (TPSA) is 58.6 Å². The van der Waals surface area contributed by atoms with E-state index in [1.54, 1.807) is 31.4 Å². The Labute approximate surface area is 146 Å². The maximum atomic E-state index is 12.8. The molecule has 5 nitrogen and oxygen atoms in total. The number of nitrogens with one attached hydrogen (secondary N) is 1. The van der Waals surface area contributed by atoms with Crippen LogP contribution in [0.15, 0.2) is 55.1 Å². The number of ether oxygens (including phenoxy) is 1. The molecular formula is C20H20N2O3. The Morgan fingerprint density at radius 3 is 2.80 bits per heavy atom. The van der Waals surface area contributed by atoms with E-state index >= 15 is 0 Å². The lowest BCUT2D eigenvalue weighted by Gasteiger charge is -2.29. The molecule has 1 heterocycles. The van der Waals surface area contributed by atoms with E-state index in [1.807, 2.05) is 23.1 Å². The number of carbonyl (C=O) groups excluding carboxylic acids is 2. The molecule has 3 rings (SSSR count). The van der Waals surface area contributed by atoms with Gasteiger partial charge in [0, 0.05) is 24.3 Å². The van der Waals surface area contributed by atoms with Crippen molar-refractivity contribution in [1.29, 1.82) is 0 Å². The number of fused-ring (bicyclic) bond motifs is 1. The molecule has 0 aromatic heterocycles. The van der Waals surface area contributed by atoms with Gasteiger partial charge in [-0.1, -0.05) is 18.7 Å². The van der Waals surface area contributed by atoms with Gasteiger partial charge in [0.05, 0.1) is 7.11 Å². The number of carbonyl (C=O) groups is 2. The Bertz CT molecular complexity index is 829. The van der Waals surface area contributed by atoms with E-state index < -0.39 is 0 Å². The molecular weight excluding hydrogens is 316 g/mol. The second-order valence-corrected chi connectivity index (χ2v) is 5.89. The van der Waals surface area contributed by atoms with Gasteiger partial charge in [0.15, 0.2) is 0 Å². The molecule has 5 heteroatoms. The number of anilines is 1. The summed E-state index contributed by atoms with van der Waals surface area (Å²) >= 11 is 0. The van der Waals surface area contributed by atoms with Gasteiger partial charge in [-0.25, -0.2) is 0 Å². The number of rotatable bonds is 4. The van der Waals surface area contributed by atoms with Crippen molar-refractivity contribution in [2.75, 3.05) is 19.0 Å². The lowest BCUT2D eigenvalue weighted by Crippen LogP contribution is -2.36. The quantitative estimate of drug-likeness (QED) is 0.873. The van der Waals surface area contributed by atoms with E-state index in [0.29, 0.717) is 24.3 Å². The van der Waals surface area contributed by atoms with Crippen LogP contribution in [0.25, 0.3) is 0 Å². The molecule has 2 amide bonds. The minimum absolute atomic E-state index is 0.0452. The molecule has 0 radical (unpaired) electrons. The smallest absolute Gasteiger partial charge is 0.254 e. The minimum atomic E-state index is -0.301. The van der Waals surface area contributed by atoms with Crippen LogP contribution in [0.5, 0.6) is 5.75 Å². The first-order valence-corrected chi connectivity index (χ1v) is 8.09. The summed E-state index contributed by atoms with van der Waals surface area (Å²) in [5.41, 5.74) is 3.49. The van der Waals surface area contributed by atoms with Crippen LogP contribution in [0, 0.1) is 0 Å². The highest BCUT2D eigenvalue weighted by atomic mass is 16.5. The molecule has 2 aromatic carbocycles. The van der Waals surface area contributed by atoms with Gasteiger partial charge in [-0.15, -0.1) is 0 Å². The summed E-state index contributed by atoms with van der Waals surface area (Å²) in [5.74, 6) is 0.491. The third-order valence-corrected chi connectivity index (χ3v) is 4.28. The van der Waals surface area contributed by atoms with Crippen LogP contribution in [0.2, 0.25) is 0 Å². The maximum absolute atomic E-state index is 12.8. The zero-order valence-electron chi connectivity index (χ0n) is 14.1. The zero-order valence-corrected chi connectivity index (χ0v) is 14.1. The van der Waals surface area contributed by atoms with E-state index in [9.17, 15) is 9.59 Å². The van der Waals surface area contributed by atoms with Crippen LogP contribution in [0.1, 0.15) is 21.5 Å². The molecule has 0 aliphatic carbocycles. The molecule has 1 aliphatic heterocycles. The van der Waals surface area contributed by atoms with E-state index in [-0.39, 0.29) is 11.8 Å². The maximum Gasteiger partial charge on any atom is 0.254 e. The number of amides is 2. The summed E-state index contributed by atoms with van der Waals surface area (Å²) in [7, 11) is 1.65. The van der Waals surface area contributed by atoms with Gasteiger partial charge >= 0.3 is 0 Å². The highest BCUT2D eigenvalue weighted by Crippen LogP contribution is 2.25. The van der Waals surface area contributed by atoms with Crippen LogP contribution in [-0.2, 0) is 17.8 Å². The van der Waals surface area contributed by atoms with E-state index in [4.69, 9.17) is 4.74 Å². The molecule has 0 saturated carbocycles. The van der Waals surface area contributed by atoms with Gasteiger partial charge in [0.1, 0.15) is 5.75 Å². The number of hydrogen-bond acceptors (Lipinski definition) is 3. The second-order valence-electron chi connectivity index (χ2n) is 5.89. The number of hydrogen-bond donors (Lipinski definition) is 1. The van der Waals surface area contributed by atoms with Crippen molar-refractivity contribution in [2.45, 2.75) is 13.0 Å². The molecule has 1 N–H and O–H groups in total. The van der Waals surface area contributed by atoms with Crippen LogP contribution in [-0.4, -0.2) is 30.4 Å². The Balaban J connectivity index is 1.76. The van der Waals surface area contributed by atoms with Crippen molar-refractivity contribution in [3.63, 3.8) is 0 Å². The van der Waals surface area contributed by atoms with Crippen molar-refractivity contribution in [3.05, 3.63) is 71.8 Å². The fourth-order valence-corrected chi connectivity index (χ4v) is 2.94. The summed E-state index contributed by atoms with van der Waals surface area (Å²) in [4.78, 5) is 26.1. The third-order valence-electron chi connectivity index (χ3n) is 4.28. The average Bonchev–Trinajstić information content (AvgIpc) is 2.66. The van der Waals surface area contributed by atoms with Crippen molar-refractivity contribution in [2.24, 2.45) is 0 Å². The molecule has 128 valence electrons. The van der Waals surface area contributed by atoms with Crippen LogP contribution >= 0.6 is 0 Å². The summed E-state index contributed by atoms with van der Waals surface area (Å²) < 4.78 is 5.26. The van der Waals surface area contributed by atoms with Gasteiger partial charge in [-0.3, -0.25) is 9.59 Å². The fourth-order valence-electron chi connectivity index (χ4n) is 2.94. The van der Waals surface area contributed by atoms with Gasteiger partial charge < -0.3 is 15.0 Å². The van der Waals surface area contributed by atoms with Crippen molar-refractivity contribution in [1.82, 2.24) is 4.90 Å². The molecule has 0 fully saturated rings. The van der Waals surface area contributed by atoms with Gasteiger partial charge in [-0.05, 0) is 54.0 Å². The molecule has 2 aromatic rings. The highest BCUT2D eigenvalue weighted by molar-refractivity contribution is 6.00. The minimum Gasteiger partial charge on any atom is -0.497 e. The van der Waals surface area contributed by atoms with Gasteiger partial charge in [0.25, 0.3) is 5.91 Å². The van der Waals surface area contributed by atoms with Crippen LogP contribution in [0.4, 0.5) is 5.69 Å². The Morgan fingerprint density at radius 1 is 1.20 bits per heavy atom. The Kier molecular flexibility index (Phi) is 4.84. The molecule has 0 atom stereocenters. The largest absolute Gasteiger partial charge is 0.497 e. The van der Waals surface area contributed by atoms with E-state index in [2.05, 4.69) is 11.9 Å². The van der Waals surface area contributed by atoms with Crippen LogP contribution < -0.4 is 10.1 Å². The molecule has 0 spiro atoms. The lowest BCUT2D eigenvalue weighted by molar-refractivity contribution is -0.111. The number of methoxy groups -OCH3 is 1. The number of nitrogens with zero attached hydrogens (tertiary/aromatic N) is 1. The Morgan fingerprint density at radius 2 is 2.04 bits per heavy atom. The summed E-state index contributed by atoms with van der Waals surface area (Å²) in [6.07, 6.45) is 2.00. The average molecular weight is 336 g/mol. The zero-order chi connectivity index (χ0) is 17.8. The van der Waals surface area contributed by atoms with Crippen molar-refractivity contribution >= 4 is 17.5 Å². The molecule has 0 unspecified atom stereocenters. The Hall–Kier alpha value is -3.08. The molecule has 25 heavy (non-hydrogen) atoms. The highest BCUT2D eigenvalue weighted by Gasteiger charge is 2.22. The SMILES string of the molecule is C=CC(=O)Nc1cccc(C(=O)N2CCc3cc(OC)ccc3C2)c1. The first kappa shape index (κ1) is 16.8. The number of benzene rings is 2. The summed E-state index contributed by atoms with van der Waals surface area (Å²) in [6.45, 7) is 4.65. The van der Waals surface area contributed by atoms with E-state index in [0.717, 1.165) is 17.7 Å². The second kappa shape index (κ2) is 7.21. The predicted molar refractivity (Wildman–Crippen MR) is 96.7 cm³/mol. The lowest BCUT2D eigenvalue weighted by atomic mass is 9.98. The predicted octanol–water partition coefficient (Wildman–Crippen LogP) is 3.02. The summed E-state index contributed by atoms with van der Waals surface area (Å²) in [5, 5.41) is 2.68. The van der Waals surface area contributed by atoms with Gasteiger partial charge in [0.2, 0.25) is 5.91 Å². The fraction of sp³-hybridized carbons (Fsp3) is 0.200. The van der Waals surface area contributed by atoms with E-state index in [1.165, 1.54) is 11.6 Å². The molecule has 0 saturated heterocycles. The standard InChI is InChI=1S/C20H20N2O3/c1-3-19(23)21-17-6-4-5-15(11-17)20(24)22-10-9-14-12-18(25-2)8-7-16(14)13-22/h3-8,11-12H,1,9-10,13H2,2H3,(H,21,23). The molecule has 1 aliphatic rings. The molecule has 0 bridgehead atoms. The first-order valence-electron chi connectivity index (χ1n) is 8.09. The van der Waals surface area contributed by atoms with Crippen molar-refractivity contribution < 1.29 is 14.3 Å². The monoisotopic (exact) mass is 336 g/mol. The van der Waals surface area contributed by atoms with Crippen LogP contribution in [0.3, 0.4) is 0 Å². The van der Waals surface area contributed by atoms with Gasteiger partial charge in [-0.2, -0.15) is 0 Å². The normalized spacial score (nSPS) is 12.9. The first-order chi connectivity index (χ1) is 12.1.